The summed E-state index contributed by atoms with van der Waals surface area (Å²) in [5.74, 6) is 0. The summed E-state index contributed by atoms with van der Waals surface area (Å²) in [6, 6.07) is 0. The average Bonchev–Trinajstić information content (AvgIpc) is 2.17. The van der Waals surface area contributed by atoms with Crippen LogP contribution in [-0.2, 0) is 4.74 Å². The summed E-state index contributed by atoms with van der Waals surface area (Å²) in [4.78, 5) is 2.32. The fourth-order valence-electron chi connectivity index (χ4n) is 1.83. The molecule has 2 unspecified atom stereocenters. The first-order chi connectivity index (χ1) is 7.51. The number of ether oxygens (including phenoxy) is 1. The lowest BCUT2D eigenvalue weighted by molar-refractivity contribution is -0.000906. The van der Waals surface area contributed by atoms with Crippen molar-refractivity contribution in [3.05, 3.63) is 12.2 Å². The largest absolute Gasteiger partial charge is 0.370 e. The normalized spacial score (nSPS) is 15.1. The second-order valence-corrected chi connectivity index (χ2v) is 4.83. The Bertz CT molecular complexity index is 177. The molecule has 0 amide bonds. The van der Waals surface area contributed by atoms with Gasteiger partial charge in [-0.05, 0) is 40.3 Å². The molecule has 0 saturated heterocycles. The lowest BCUT2D eigenvalue weighted by atomic mass is 10.1. The SMILES string of the molecule is C=C(C)C(CN(C)CCC)OC(C)CCC. The maximum Gasteiger partial charge on any atom is 0.0910 e. The Kier molecular flexibility index (Phi) is 8.58. The molecule has 0 aliphatic carbocycles. The Morgan fingerprint density at radius 3 is 2.38 bits per heavy atom. The number of likely N-dealkylation sites (N-methyl/N-ethyl adjacent to an activating group) is 1. The van der Waals surface area contributed by atoms with Crippen LogP contribution in [0, 0.1) is 0 Å². The standard InChI is InChI=1S/C14H29NO/c1-7-9-13(5)16-14(12(3)4)11-15(6)10-8-2/h13-14H,3,7-11H2,1-2,4-6H3. The lowest BCUT2D eigenvalue weighted by Crippen LogP contribution is -2.34. The van der Waals surface area contributed by atoms with Crippen LogP contribution in [0.5, 0.6) is 0 Å². The van der Waals surface area contributed by atoms with Gasteiger partial charge in [0, 0.05) is 6.54 Å². The third-order valence-corrected chi connectivity index (χ3v) is 2.72. The molecule has 0 aliphatic rings. The monoisotopic (exact) mass is 227 g/mol. The molecule has 0 aromatic carbocycles. The van der Waals surface area contributed by atoms with Crippen molar-refractivity contribution in [2.45, 2.75) is 59.2 Å². The van der Waals surface area contributed by atoms with Crippen molar-refractivity contribution in [1.29, 1.82) is 0 Å². The van der Waals surface area contributed by atoms with Gasteiger partial charge in [0.1, 0.15) is 0 Å². The van der Waals surface area contributed by atoms with Gasteiger partial charge >= 0.3 is 0 Å². The van der Waals surface area contributed by atoms with Gasteiger partial charge in [-0.2, -0.15) is 0 Å². The maximum absolute atomic E-state index is 6.03. The van der Waals surface area contributed by atoms with Gasteiger partial charge in [0.15, 0.2) is 0 Å². The summed E-state index contributed by atoms with van der Waals surface area (Å²) < 4.78 is 6.03. The van der Waals surface area contributed by atoms with E-state index in [1.54, 1.807) is 0 Å². The van der Waals surface area contributed by atoms with Gasteiger partial charge in [-0.3, -0.25) is 0 Å². The van der Waals surface area contributed by atoms with Crippen molar-refractivity contribution < 1.29 is 4.74 Å². The Morgan fingerprint density at radius 1 is 1.31 bits per heavy atom. The molecule has 0 spiro atoms. The Morgan fingerprint density at radius 2 is 1.94 bits per heavy atom. The summed E-state index contributed by atoms with van der Waals surface area (Å²) in [5, 5.41) is 0. The van der Waals surface area contributed by atoms with Gasteiger partial charge in [0.05, 0.1) is 12.2 Å². The first kappa shape index (κ1) is 15.7. The fourth-order valence-corrected chi connectivity index (χ4v) is 1.83. The zero-order valence-corrected chi connectivity index (χ0v) is 11.8. The molecule has 0 fully saturated rings. The molecule has 0 N–H and O–H groups in total. The Hall–Kier alpha value is -0.340. The molecule has 2 atom stereocenters. The van der Waals surface area contributed by atoms with Gasteiger partial charge < -0.3 is 9.64 Å². The van der Waals surface area contributed by atoms with E-state index < -0.39 is 0 Å². The van der Waals surface area contributed by atoms with Gasteiger partial charge in [0.2, 0.25) is 0 Å². The van der Waals surface area contributed by atoms with Crippen LogP contribution >= 0.6 is 0 Å². The van der Waals surface area contributed by atoms with Crippen molar-refractivity contribution in [2.75, 3.05) is 20.1 Å². The van der Waals surface area contributed by atoms with Crippen molar-refractivity contribution in [1.82, 2.24) is 4.90 Å². The molecule has 0 aromatic rings. The molecule has 0 aromatic heterocycles. The van der Waals surface area contributed by atoms with Gasteiger partial charge in [-0.1, -0.05) is 32.4 Å². The minimum absolute atomic E-state index is 0.179. The van der Waals surface area contributed by atoms with Crippen LogP contribution in [0.2, 0.25) is 0 Å². The van der Waals surface area contributed by atoms with E-state index in [1.807, 2.05) is 0 Å². The smallest absolute Gasteiger partial charge is 0.0910 e. The highest BCUT2D eigenvalue weighted by Crippen LogP contribution is 2.12. The van der Waals surface area contributed by atoms with Crippen LogP contribution in [0.25, 0.3) is 0 Å². The van der Waals surface area contributed by atoms with Crippen molar-refractivity contribution >= 4 is 0 Å². The quantitative estimate of drug-likeness (QED) is 0.559. The topological polar surface area (TPSA) is 12.5 Å². The lowest BCUT2D eigenvalue weighted by Gasteiger charge is -2.27. The maximum atomic E-state index is 6.03. The predicted molar refractivity (Wildman–Crippen MR) is 71.8 cm³/mol. The molecular formula is C14H29NO. The van der Waals surface area contributed by atoms with Crippen LogP contribution in [0.15, 0.2) is 12.2 Å². The van der Waals surface area contributed by atoms with Crippen molar-refractivity contribution in [3.63, 3.8) is 0 Å². The Balaban J connectivity index is 4.11. The van der Waals surface area contributed by atoms with Gasteiger partial charge in [0.25, 0.3) is 0 Å². The third-order valence-electron chi connectivity index (χ3n) is 2.72. The van der Waals surface area contributed by atoms with Crippen LogP contribution < -0.4 is 0 Å². The van der Waals surface area contributed by atoms with E-state index in [0.717, 1.165) is 25.1 Å². The third kappa shape index (κ3) is 7.02. The van der Waals surface area contributed by atoms with E-state index in [9.17, 15) is 0 Å². The number of rotatable bonds is 9. The van der Waals surface area contributed by atoms with Gasteiger partial charge in [-0.15, -0.1) is 0 Å². The molecule has 0 radical (unpaired) electrons. The molecule has 0 aliphatic heterocycles. The zero-order chi connectivity index (χ0) is 12.6. The van der Waals surface area contributed by atoms with E-state index in [-0.39, 0.29) is 6.10 Å². The fraction of sp³-hybridized carbons (Fsp3) is 0.857. The summed E-state index contributed by atoms with van der Waals surface area (Å²) in [5.41, 5.74) is 1.13. The van der Waals surface area contributed by atoms with Crippen LogP contribution in [0.4, 0.5) is 0 Å². The highest BCUT2D eigenvalue weighted by molar-refractivity contribution is 4.99. The average molecular weight is 227 g/mol. The second kappa shape index (κ2) is 8.77. The summed E-state index contributed by atoms with van der Waals surface area (Å²) >= 11 is 0. The minimum atomic E-state index is 0.179. The molecule has 16 heavy (non-hydrogen) atoms. The van der Waals surface area contributed by atoms with E-state index in [2.05, 4.69) is 46.2 Å². The molecule has 2 heteroatoms. The minimum Gasteiger partial charge on any atom is -0.370 e. The molecule has 0 heterocycles. The first-order valence-corrected chi connectivity index (χ1v) is 6.50. The van der Waals surface area contributed by atoms with Crippen LogP contribution in [-0.4, -0.2) is 37.2 Å². The van der Waals surface area contributed by atoms with Crippen LogP contribution in [0.1, 0.15) is 47.0 Å². The Labute approximate surface area is 102 Å². The number of hydrogen-bond donors (Lipinski definition) is 0. The summed E-state index contributed by atoms with van der Waals surface area (Å²) in [6.45, 7) is 14.7. The highest BCUT2D eigenvalue weighted by atomic mass is 16.5. The number of nitrogens with zero attached hydrogens (tertiary/aromatic N) is 1. The molecular weight excluding hydrogens is 198 g/mol. The van der Waals surface area contributed by atoms with E-state index >= 15 is 0 Å². The zero-order valence-electron chi connectivity index (χ0n) is 11.8. The first-order valence-electron chi connectivity index (χ1n) is 6.50. The van der Waals surface area contributed by atoms with E-state index in [1.165, 1.54) is 12.8 Å². The van der Waals surface area contributed by atoms with Crippen molar-refractivity contribution in [2.24, 2.45) is 0 Å². The van der Waals surface area contributed by atoms with Crippen LogP contribution in [0.3, 0.4) is 0 Å². The predicted octanol–water partition coefficient (Wildman–Crippen LogP) is 3.48. The summed E-state index contributed by atoms with van der Waals surface area (Å²) in [6.07, 6.45) is 4.00. The molecule has 2 nitrogen and oxygen atoms in total. The van der Waals surface area contributed by atoms with Gasteiger partial charge in [-0.25, -0.2) is 0 Å². The van der Waals surface area contributed by atoms with E-state index in [0.29, 0.717) is 6.10 Å². The molecule has 96 valence electrons. The number of hydrogen-bond acceptors (Lipinski definition) is 2. The highest BCUT2D eigenvalue weighted by Gasteiger charge is 2.15. The molecule has 0 bridgehead atoms. The van der Waals surface area contributed by atoms with E-state index in [4.69, 9.17) is 4.74 Å². The molecule has 0 saturated carbocycles. The second-order valence-electron chi connectivity index (χ2n) is 4.83. The van der Waals surface area contributed by atoms with Crippen molar-refractivity contribution in [3.8, 4) is 0 Å². The summed E-state index contributed by atoms with van der Waals surface area (Å²) in [7, 11) is 2.15. The molecule has 0 rings (SSSR count).